The Morgan fingerprint density at radius 1 is 1.25 bits per heavy atom. The smallest absolute Gasteiger partial charge is 0.412 e. The number of carbonyl (C=O) groups excluding carboxylic acids is 1. The lowest BCUT2D eigenvalue weighted by Gasteiger charge is -2.32. The van der Waals surface area contributed by atoms with Crippen LogP contribution in [0.4, 0.5) is 10.5 Å². The highest BCUT2D eigenvalue weighted by molar-refractivity contribution is 5.86. The van der Waals surface area contributed by atoms with Crippen molar-refractivity contribution in [2.75, 3.05) is 32.6 Å². The molecule has 0 saturated heterocycles. The van der Waals surface area contributed by atoms with Crippen molar-refractivity contribution in [1.29, 1.82) is 0 Å². The van der Waals surface area contributed by atoms with Crippen LogP contribution in [0, 0.1) is 5.92 Å². The predicted octanol–water partition coefficient (Wildman–Crippen LogP) is 4.14. The van der Waals surface area contributed by atoms with E-state index in [9.17, 15) is 4.79 Å². The van der Waals surface area contributed by atoms with Crippen LogP contribution in [0.5, 0.6) is 5.75 Å². The molecule has 5 nitrogen and oxygen atoms in total. The van der Waals surface area contributed by atoms with Crippen molar-refractivity contribution in [1.82, 2.24) is 4.90 Å². The molecular weight excluding hydrogens is 304 g/mol. The van der Waals surface area contributed by atoms with Gasteiger partial charge in [-0.3, -0.25) is 5.32 Å². The molecular formula is C19H30N2O3. The van der Waals surface area contributed by atoms with E-state index in [0.29, 0.717) is 24.0 Å². The first kappa shape index (κ1) is 18.6. The summed E-state index contributed by atoms with van der Waals surface area (Å²) >= 11 is 0. The van der Waals surface area contributed by atoms with Crippen LogP contribution in [0.15, 0.2) is 24.3 Å². The summed E-state index contributed by atoms with van der Waals surface area (Å²) in [6.45, 7) is 3.63. The fourth-order valence-electron chi connectivity index (χ4n) is 3.19. The molecule has 2 atom stereocenters. The van der Waals surface area contributed by atoms with Gasteiger partial charge in [0.25, 0.3) is 0 Å². The number of nitrogens with zero attached hydrogens (tertiary/aromatic N) is 1. The molecule has 0 heterocycles. The molecule has 1 aliphatic carbocycles. The topological polar surface area (TPSA) is 50.8 Å². The fourth-order valence-corrected chi connectivity index (χ4v) is 3.19. The average Bonchev–Trinajstić information content (AvgIpc) is 2.55. The van der Waals surface area contributed by atoms with Gasteiger partial charge < -0.3 is 14.4 Å². The Labute approximate surface area is 145 Å². The molecule has 0 radical (unpaired) electrons. The number of carbonyl (C=O) groups is 1. The van der Waals surface area contributed by atoms with Crippen molar-refractivity contribution < 1.29 is 14.3 Å². The third-order valence-corrected chi connectivity index (χ3v) is 4.28. The van der Waals surface area contributed by atoms with Crippen molar-refractivity contribution in [3.63, 3.8) is 0 Å². The van der Waals surface area contributed by atoms with Crippen LogP contribution in [-0.2, 0) is 4.74 Å². The summed E-state index contributed by atoms with van der Waals surface area (Å²) in [5.74, 6) is 1.09. The molecule has 1 amide bonds. The standard InChI is InChI=1S/C19H30N2O3/c1-4-13-23-18-12-8-6-10-16(18)20-19(22)24-17-11-7-5-9-15(17)14-21(2)3/h6,8,10,12,15,17H,4-5,7,9,11,13-14H2,1-3H3,(H,20,22). The van der Waals surface area contributed by atoms with Crippen molar-refractivity contribution in [2.24, 2.45) is 5.92 Å². The quantitative estimate of drug-likeness (QED) is 0.814. The fraction of sp³-hybridized carbons (Fsp3) is 0.632. The van der Waals surface area contributed by atoms with Gasteiger partial charge in [-0.05, 0) is 51.9 Å². The number of para-hydroxylation sites is 2. The number of rotatable bonds is 7. The van der Waals surface area contributed by atoms with E-state index in [1.165, 1.54) is 6.42 Å². The molecule has 0 aliphatic heterocycles. The summed E-state index contributed by atoms with van der Waals surface area (Å²) < 4.78 is 11.4. The maximum Gasteiger partial charge on any atom is 0.412 e. The largest absolute Gasteiger partial charge is 0.491 e. The first-order valence-electron chi connectivity index (χ1n) is 8.94. The second-order valence-electron chi connectivity index (χ2n) is 6.72. The number of anilines is 1. The van der Waals surface area contributed by atoms with E-state index in [2.05, 4.69) is 31.2 Å². The van der Waals surface area contributed by atoms with Crippen LogP contribution in [-0.4, -0.2) is 44.3 Å². The zero-order valence-electron chi connectivity index (χ0n) is 15.1. The van der Waals surface area contributed by atoms with Crippen LogP contribution in [0.25, 0.3) is 0 Å². The van der Waals surface area contributed by atoms with Gasteiger partial charge in [0.2, 0.25) is 0 Å². The van der Waals surface area contributed by atoms with E-state index >= 15 is 0 Å². The Balaban J connectivity index is 1.94. The minimum absolute atomic E-state index is 0.00938. The minimum atomic E-state index is -0.391. The van der Waals surface area contributed by atoms with Gasteiger partial charge in [0.1, 0.15) is 11.9 Å². The lowest BCUT2D eigenvalue weighted by atomic mass is 9.86. The molecule has 0 bridgehead atoms. The van der Waals surface area contributed by atoms with Gasteiger partial charge in [-0.25, -0.2) is 4.79 Å². The van der Waals surface area contributed by atoms with Gasteiger partial charge in [-0.1, -0.05) is 25.5 Å². The first-order chi connectivity index (χ1) is 11.6. The van der Waals surface area contributed by atoms with E-state index in [1.807, 2.05) is 24.3 Å². The molecule has 1 aliphatic rings. The van der Waals surface area contributed by atoms with Gasteiger partial charge in [-0.2, -0.15) is 0 Å². The minimum Gasteiger partial charge on any atom is -0.491 e. The number of ether oxygens (including phenoxy) is 2. The lowest BCUT2D eigenvalue weighted by Crippen LogP contribution is -2.37. The predicted molar refractivity (Wildman–Crippen MR) is 96.6 cm³/mol. The number of nitrogens with one attached hydrogen (secondary N) is 1. The van der Waals surface area contributed by atoms with Gasteiger partial charge in [0.15, 0.2) is 0 Å². The van der Waals surface area contributed by atoms with Crippen LogP contribution in [0.1, 0.15) is 39.0 Å². The second-order valence-corrected chi connectivity index (χ2v) is 6.72. The Bertz CT molecular complexity index is 519. The third kappa shape index (κ3) is 5.71. The molecule has 1 saturated carbocycles. The van der Waals surface area contributed by atoms with Crippen LogP contribution < -0.4 is 10.1 Å². The summed E-state index contributed by atoms with van der Waals surface area (Å²) in [6.07, 6.45) is 4.92. The monoisotopic (exact) mass is 334 g/mol. The Hall–Kier alpha value is -1.75. The number of hydrogen-bond donors (Lipinski definition) is 1. The van der Waals surface area contributed by atoms with Gasteiger partial charge in [-0.15, -0.1) is 0 Å². The summed E-state index contributed by atoms with van der Waals surface area (Å²) in [5.41, 5.74) is 0.663. The van der Waals surface area contributed by atoms with E-state index in [1.54, 1.807) is 0 Å². The zero-order chi connectivity index (χ0) is 17.4. The number of benzene rings is 1. The molecule has 1 aromatic carbocycles. The van der Waals surface area contributed by atoms with E-state index < -0.39 is 6.09 Å². The molecule has 134 valence electrons. The normalized spacial score (nSPS) is 20.7. The number of amides is 1. The molecule has 0 spiro atoms. The summed E-state index contributed by atoms with van der Waals surface area (Å²) in [6, 6.07) is 7.48. The van der Waals surface area contributed by atoms with E-state index in [4.69, 9.17) is 9.47 Å². The number of hydrogen-bond acceptors (Lipinski definition) is 4. The molecule has 5 heteroatoms. The van der Waals surface area contributed by atoms with E-state index in [0.717, 1.165) is 32.2 Å². The van der Waals surface area contributed by atoms with Gasteiger partial charge in [0, 0.05) is 12.5 Å². The van der Waals surface area contributed by atoms with Gasteiger partial charge in [0.05, 0.1) is 12.3 Å². The lowest BCUT2D eigenvalue weighted by molar-refractivity contribution is 0.0357. The molecule has 0 aromatic heterocycles. The summed E-state index contributed by atoms with van der Waals surface area (Å²) in [4.78, 5) is 14.5. The van der Waals surface area contributed by atoms with Crippen LogP contribution in [0.3, 0.4) is 0 Å². The Morgan fingerprint density at radius 2 is 2.00 bits per heavy atom. The van der Waals surface area contributed by atoms with Crippen molar-refractivity contribution >= 4 is 11.8 Å². The van der Waals surface area contributed by atoms with Crippen LogP contribution in [0.2, 0.25) is 0 Å². The molecule has 1 N–H and O–H groups in total. The molecule has 24 heavy (non-hydrogen) atoms. The molecule has 1 fully saturated rings. The highest BCUT2D eigenvalue weighted by Gasteiger charge is 2.28. The summed E-state index contributed by atoms with van der Waals surface area (Å²) in [7, 11) is 4.13. The Kier molecular flexibility index (Phi) is 7.37. The molecule has 2 rings (SSSR count). The highest BCUT2D eigenvalue weighted by atomic mass is 16.6. The highest BCUT2D eigenvalue weighted by Crippen LogP contribution is 2.29. The maximum atomic E-state index is 12.3. The van der Waals surface area contributed by atoms with Crippen molar-refractivity contribution in [3.8, 4) is 5.75 Å². The molecule has 2 unspecified atom stereocenters. The third-order valence-electron chi connectivity index (χ3n) is 4.28. The second kappa shape index (κ2) is 9.52. The summed E-state index contributed by atoms with van der Waals surface area (Å²) in [5, 5.41) is 2.84. The average molecular weight is 334 g/mol. The molecule has 1 aromatic rings. The zero-order valence-corrected chi connectivity index (χ0v) is 15.1. The first-order valence-corrected chi connectivity index (χ1v) is 8.94. The van der Waals surface area contributed by atoms with E-state index in [-0.39, 0.29) is 6.10 Å². The SMILES string of the molecule is CCCOc1ccccc1NC(=O)OC1CCCCC1CN(C)C. The van der Waals surface area contributed by atoms with Crippen molar-refractivity contribution in [2.45, 2.75) is 45.1 Å². The van der Waals surface area contributed by atoms with Gasteiger partial charge >= 0.3 is 6.09 Å². The maximum absolute atomic E-state index is 12.3. The van der Waals surface area contributed by atoms with Crippen molar-refractivity contribution in [3.05, 3.63) is 24.3 Å². The van der Waals surface area contributed by atoms with Crippen LogP contribution >= 0.6 is 0 Å². The Morgan fingerprint density at radius 3 is 2.75 bits per heavy atom.